The number of esters is 1. The predicted octanol–water partition coefficient (Wildman–Crippen LogP) is 2.88. The molecule has 2 aromatic rings. The van der Waals surface area contributed by atoms with Crippen LogP contribution in [0.1, 0.15) is 16.7 Å². The number of halogens is 1. The molecule has 0 fully saturated rings. The molecular weight excluding hydrogens is 342 g/mol. The van der Waals surface area contributed by atoms with E-state index >= 15 is 0 Å². The summed E-state index contributed by atoms with van der Waals surface area (Å²) in [6.45, 7) is 1.06. The van der Waals surface area contributed by atoms with Gasteiger partial charge in [0.15, 0.2) is 0 Å². The van der Waals surface area contributed by atoms with Gasteiger partial charge in [0.1, 0.15) is 11.8 Å². The molecule has 1 atom stereocenters. The van der Waals surface area contributed by atoms with Gasteiger partial charge >= 0.3 is 5.97 Å². The topological polar surface area (TPSA) is 70.8 Å². The van der Waals surface area contributed by atoms with Gasteiger partial charge in [0.2, 0.25) is 0 Å². The molecule has 2 rings (SSSR count). The van der Waals surface area contributed by atoms with Gasteiger partial charge in [-0.25, -0.2) is 0 Å². The van der Waals surface area contributed by atoms with Crippen LogP contribution in [0.15, 0.2) is 48.5 Å². The zero-order valence-electron chi connectivity index (χ0n) is 14.4. The molecule has 0 saturated carbocycles. The molecule has 0 aliphatic rings. The van der Waals surface area contributed by atoms with Crippen LogP contribution in [-0.2, 0) is 33.9 Å². The fourth-order valence-electron chi connectivity index (χ4n) is 2.27. The van der Waals surface area contributed by atoms with Gasteiger partial charge in [-0.1, -0.05) is 36.4 Å². The number of hydrogen-bond donors (Lipinski definition) is 1. The summed E-state index contributed by atoms with van der Waals surface area (Å²) in [5, 5.41) is 0. The molecule has 0 unspecified atom stereocenters. The SMILES string of the molecule is COC(=O)[C@@H](N)Cc1ccc(COCc2ccc(OC)cc2)cc1.Cl. The molecule has 0 aliphatic heterocycles. The van der Waals surface area contributed by atoms with Crippen molar-refractivity contribution in [1.82, 2.24) is 0 Å². The van der Waals surface area contributed by atoms with Crippen LogP contribution in [-0.4, -0.2) is 26.2 Å². The summed E-state index contributed by atoms with van der Waals surface area (Å²) in [4.78, 5) is 11.3. The minimum absolute atomic E-state index is 0. The molecule has 0 aromatic heterocycles. The number of benzene rings is 2. The number of rotatable bonds is 8. The van der Waals surface area contributed by atoms with E-state index < -0.39 is 12.0 Å². The molecule has 0 aliphatic carbocycles. The first-order valence-corrected chi connectivity index (χ1v) is 7.74. The van der Waals surface area contributed by atoms with Gasteiger partial charge in [0.25, 0.3) is 0 Å². The van der Waals surface area contributed by atoms with E-state index in [1.807, 2.05) is 48.5 Å². The Bertz CT molecular complexity index is 643. The van der Waals surface area contributed by atoms with Gasteiger partial charge in [-0.3, -0.25) is 4.79 Å². The van der Waals surface area contributed by atoms with E-state index in [4.69, 9.17) is 15.2 Å². The van der Waals surface area contributed by atoms with Gasteiger partial charge in [-0.2, -0.15) is 0 Å². The maximum absolute atomic E-state index is 11.3. The van der Waals surface area contributed by atoms with Crippen LogP contribution in [0.25, 0.3) is 0 Å². The van der Waals surface area contributed by atoms with Crippen LogP contribution in [0, 0.1) is 0 Å². The van der Waals surface area contributed by atoms with E-state index in [0.29, 0.717) is 19.6 Å². The molecule has 6 heteroatoms. The fourth-order valence-corrected chi connectivity index (χ4v) is 2.27. The molecule has 2 N–H and O–H groups in total. The maximum Gasteiger partial charge on any atom is 0.322 e. The monoisotopic (exact) mass is 365 g/mol. The van der Waals surface area contributed by atoms with E-state index in [1.165, 1.54) is 7.11 Å². The highest BCUT2D eigenvalue weighted by atomic mass is 35.5. The van der Waals surface area contributed by atoms with Crippen molar-refractivity contribution < 1.29 is 19.0 Å². The van der Waals surface area contributed by atoms with E-state index in [1.54, 1.807) is 7.11 Å². The first-order chi connectivity index (χ1) is 11.6. The highest BCUT2D eigenvalue weighted by Gasteiger charge is 2.13. The highest BCUT2D eigenvalue weighted by molar-refractivity contribution is 5.85. The lowest BCUT2D eigenvalue weighted by Crippen LogP contribution is -2.33. The highest BCUT2D eigenvalue weighted by Crippen LogP contribution is 2.13. The Kier molecular flexibility index (Phi) is 8.99. The first-order valence-electron chi connectivity index (χ1n) is 7.74. The van der Waals surface area contributed by atoms with Crippen molar-refractivity contribution in [3.63, 3.8) is 0 Å². The Labute approximate surface area is 154 Å². The molecule has 0 spiro atoms. The molecule has 0 amide bonds. The number of carbonyl (C=O) groups excluding carboxylic acids is 1. The summed E-state index contributed by atoms with van der Waals surface area (Å²) in [6.07, 6.45) is 0.458. The Morgan fingerprint density at radius 1 is 0.920 bits per heavy atom. The van der Waals surface area contributed by atoms with Crippen molar-refractivity contribution >= 4 is 18.4 Å². The molecule has 0 radical (unpaired) electrons. The smallest absolute Gasteiger partial charge is 0.322 e. The molecular formula is C19H24ClNO4. The van der Waals surface area contributed by atoms with Gasteiger partial charge < -0.3 is 19.9 Å². The molecule has 25 heavy (non-hydrogen) atoms. The number of carbonyl (C=O) groups is 1. The van der Waals surface area contributed by atoms with Crippen molar-refractivity contribution in [2.45, 2.75) is 25.7 Å². The third-order valence-corrected chi connectivity index (χ3v) is 3.68. The summed E-state index contributed by atoms with van der Waals surface area (Å²) in [6, 6.07) is 15.0. The second kappa shape index (κ2) is 10.7. The Hall–Kier alpha value is -2.08. The fraction of sp³-hybridized carbons (Fsp3) is 0.316. The van der Waals surface area contributed by atoms with Crippen LogP contribution >= 0.6 is 12.4 Å². The number of hydrogen-bond acceptors (Lipinski definition) is 5. The standard InChI is InChI=1S/C19H23NO4.ClH/c1-22-17-9-7-16(8-10-17)13-24-12-15-5-3-14(4-6-15)11-18(20)19(21)23-2;/h3-10,18H,11-13,20H2,1-2H3;1H/t18-;/m0./s1. The summed E-state index contributed by atoms with van der Waals surface area (Å²) >= 11 is 0. The largest absolute Gasteiger partial charge is 0.497 e. The van der Waals surface area contributed by atoms with Crippen LogP contribution in [0.5, 0.6) is 5.75 Å². The average Bonchev–Trinajstić information content (AvgIpc) is 2.63. The van der Waals surface area contributed by atoms with E-state index in [-0.39, 0.29) is 12.4 Å². The first kappa shape index (κ1) is 21.0. The van der Waals surface area contributed by atoms with Crippen molar-refractivity contribution in [2.75, 3.05) is 14.2 Å². The van der Waals surface area contributed by atoms with Crippen LogP contribution in [0.3, 0.4) is 0 Å². The van der Waals surface area contributed by atoms with Gasteiger partial charge in [-0.05, 0) is 35.2 Å². The normalized spacial score (nSPS) is 11.3. The second-order valence-corrected chi connectivity index (χ2v) is 5.49. The number of methoxy groups -OCH3 is 2. The van der Waals surface area contributed by atoms with Crippen molar-refractivity contribution in [3.05, 3.63) is 65.2 Å². The lowest BCUT2D eigenvalue weighted by atomic mass is 10.1. The summed E-state index contributed by atoms with van der Waals surface area (Å²) in [7, 11) is 2.98. The van der Waals surface area contributed by atoms with Gasteiger partial charge in [0, 0.05) is 0 Å². The minimum Gasteiger partial charge on any atom is -0.497 e. The third-order valence-electron chi connectivity index (χ3n) is 3.68. The third kappa shape index (κ3) is 6.74. The van der Waals surface area contributed by atoms with Gasteiger partial charge in [0.05, 0.1) is 27.4 Å². The average molecular weight is 366 g/mol. The van der Waals surface area contributed by atoms with E-state index in [0.717, 1.165) is 22.4 Å². The molecule has 5 nitrogen and oxygen atoms in total. The lowest BCUT2D eigenvalue weighted by Gasteiger charge is -2.10. The van der Waals surface area contributed by atoms with Crippen molar-refractivity contribution in [2.24, 2.45) is 5.73 Å². The summed E-state index contributed by atoms with van der Waals surface area (Å²) in [5.41, 5.74) is 8.91. The molecule has 0 bridgehead atoms. The Morgan fingerprint density at radius 2 is 1.40 bits per heavy atom. The van der Waals surface area contributed by atoms with Crippen LogP contribution < -0.4 is 10.5 Å². The predicted molar refractivity (Wildman–Crippen MR) is 98.9 cm³/mol. The number of ether oxygens (including phenoxy) is 3. The van der Waals surface area contributed by atoms with Crippen molar-refractivity contribution in [3.8, 4) is 5.75 Å². The molecule has 0 saturated heterocycles. The van der Waals surface area contributed by atoms with Crippen molar-refractivity contribution in [1.29, 1.82) is 0 Å². The van der Waals surface area contributed by atoms with Crippen LogP contribution in [0.4, 0.5) is 0 Å². The zero-order chi connectivity index (χ0) is 17.4. The van der Waals surface area contributed by atoms with E-state index in [2.05, 4.69) is 4.74 Å². The zero-order valence-corrected chi connectivity index (χ0v) is 15.3. The maximum atomic E-state index is 11.3. The Morgan fingerprint density at radius 3 is 1.88 bits per heavy atom. The second-order valence-electron chi connectivity index (χ2n) is 5.49. The number of nitrogens with two attached hydrogens (primary N) is 1. The van der Waals surface area contributed by atoms with Crippen LogP contribution in [0.2, 0.25) is 0 Å². The van der Waals surface area contributed by atoms with Gasteiger partial charge in [-0.15, -0.1) is 12.4 Å². The Balaban J connectivity index is 0.00000312. The molecule has 0 heterocycles. The lowest BCUT2D eigenvalue weighted by molar-refractivity contribution is -0.142. The summed E-state index contributed by atoms with van der Waals surface area (Å²) in [5.74, 6) is 0.432. The molecule has 2 aromatic carbocycles. The minimum atomic E-state index is -0.632. The summed E-state index contributed by atoms with van der Waals surface area (Å²) < 4.78 is 15.5. The quantitative estimate of drug-likeness (QED) is 0.728. The van der Waals surface area contributed by atoms with E-state index in [9.17, 15) is 4.79 Å². The molecule has 136 valence electrons.